The fourth-order valence-corrected chi connectivity index (χ4v) is 5.57. The van der Waals surface area contributed by atoms with Crippen LogP contribution >= 0.6 is 11.8 Å². The number of imide groups is 1. The standard InChI is InChI=1S/C24H25N7O4S/c32-20-18(36-23(34)28-20)10-17-11-19(29-6-8-35-9-7-29)27-21(25-17)30-12-24(13-30)14-31(15-24)22(33)26-16-4-2-1-3-5-16/h1-5,10-11H,6-9,12-15H2,(H,26,33)(H,28,32,34). The minimum absolute atomic E-state index is 0.0403. The number of amides is 4. The molecule has 2 aromatic rings. The molecule has 4 fully saturated rings. The van der Waals surface area contributed by atoms with E-state index in [-0.39, 0.29) is 16.7 Å². The first-order valence-corrected chi connectivity index (χ1v) is 12.6. The maximum atomic E-state index is 12.5. The molecule has 1 aromatic carbocycles. The molecule has 0 radical (unpaired) electrons. The van der Waals surface area contributed by atoms with Gasteiger partial charge in [-0.05, 0) is 30.0 Å². The molecule has 2 N–H and O–H groups in total. The van der Waals surface area contributed by atoms with Crippen molar-refractivity contribution >= 4 is 52.5 Å². The molecule has 4 aliphatic heterocycles. The van der Waals surface area contributed by atoms with Crippen LogP contribution in [0.25, 0.3) is 6.08 Å². The van der Waals surface area contributed by atoms with Gasteiger partial charge in [-0.25, -0.2) is 9.78 Å². The van der Waals surface area contributed by atoms with Crippen molar-refractivity contribution in [3.05, 3.63) is 47.0 Å². The van der Waals surface area contributed by atoms with Crippen LogP contribution in [0.1, 0.15) is 5.69 Å². The van der Waals surface area contributed by atoms with Gasteiger partial charge in [-0.1, -0.05) is 18.2 Å². The maximum Gasteiger partial charge on any atom is 0.321 e. The lowest BCUT2D eigenvalue weighted by atomic mass is 9.73. The van der Waals surface area contributed by atoms with Crippen LogP contribution in [0.3, 0.4) is 0 Å². The SMILES string of the molecule is O=C1NC(=O)C(=Cc2cc(N3CCOCC3)nc(N3CC4(CN(C(=O)Nc5ccccc5)C4)C3)n2)S1. The molecule has 0 unspecified atom stereocenters. The van der Waals surface area contributed by atoms with E-state index in [4.69, 9.17) is 14.7 Å². The Balaban J connectivity index is 1.15. The number of hydrogen-bond acceptors (Lipinski definition) is 9. The topological polar surface area (TPSA) is 120 Å². The Morgan fingerprint density at radius 3 is 2.50 bits per heavy atom. The third-order valence-electron chi connectivity index (χ3n) is 6.68. The molecule has 0 bridgehead atoms. The average Bonchev–Trinajstić information content (AvgIpc) is 3.14. The summed E-state index contributed by atoms with van der Waals surface area (Å²) in [5.74, 6) is 0.936. The van der Waals surface area contributed by atoms with Gasteiger partial charge in [0.2, 0.25) is 5.95 Å². The summed E-state index contributed by atoms with van der Waals surface area (Å²) in [4.78, 5) is 52.1. The number of para-hydroxylation sites is 1. The summed E-state index contributed by atoms with van der Waals surface area (Å²) in [6, 6.07) is 11.2. The number of ether oxygens (including phenoxy) is 1. The Hall–Kier alpha value is -3.64. The van der Waals surface area contributed by atoms with E-state index in [1.807, 2.05) is 41.3 Å². The summed E-state index contributed by atoms with van der Waals surface area (Å²) in [5.41, 5.74) is 1.40. The molecular formula is C24H25N7O4S. The zero-order chi connectivity index (χ0) is 24.7. The van der Waals surface area contributed by atoms with Gasteiger partial charge in [0.05, 0.1) is 23.8 Å². The van der Waals surface area contributed by atoms with Gasteiger partial charge in [0.25, 0.3) is 11.1 Å². The van der Waals surface area contributed by atoms with Crippen LogP contribution in [0.4, 0.5) is 27.0 Å². The molecular weight excluding hydrogens is 482 g/mol. The van der Waals surface area contributed by atoms with Crippen molar-refractivity contribution in [2.24, 2.45) is 5.41 Å². The second-order valence-electron chi connectivity index (χ2n) is 9.41. The lowest BCUT2D eigenvalue weighted by Gasteiger charge is -2.59. The largest absolute Gasteiger partial charge is 0.378 e. The molecule has 186 valence electrons. The zero-order valence-corrected chi connectivity index (χ0v) is 20.3. The van der Waals surface area contributed by atoms with Crippen molar-refractivity contribution in [3.63, 3.8) is 0 Å². The highest BCUT2D eigenvalue weighted by Gasteiger charge is 2.54. The van der Waals surface area contributed by atoms with Crippen molar-refractivity contribution in [2.75, 3.05) is 67.6 Å². The number of thioether (sulfide) groups is 1. The second kappa shape index (κ2) is 9.10. The number of urea groups is 1. The van der Waals surface area contributed by atoms with E-state index in [1.165, 1.54) is 0 Å². The number of anilines is 3. The van der Waals surface area contributed by atoms with Gasteiger partial charge in [0, 0.05) is 56.4 Å². The monoisotopic (exact) mass is 507 g/mol. The molecule has 12 heteroatoms. The fraction of sp³-hybridized carbons (Fsp3) is 0.375. The average molecular weight is 508 g/mol. The van der Waals surface area contributed by atoms with Gasteiger partial charge in [-0.3, -0.25) is 14.9 Å². The lowest BCUT2D eigenvalue weighted by Crippen LogP contribution is -2.73. The Kier molecular flexibility index (Phi) is 5.76. The Morgan fingerprint density at radius 2 is 1.81 bits per heavy atom. The van der Waals surface area contributed by atoms with Gasteiger partial charge >= 0.3 is 6.03 Å². The molecule has 4 aliphatic rings. The van der Waals surface area contributed by atoms with E-state index in [1.54, 1.807) is 6.08 Å². The highest BCUT2D eigenvalue weighted by molar-refractivity contribution is 8.18. The summed E-state index contributed by atoms with van der Waals surface area (Å²) in [6.07, 6.45) is 1.63. The van der Waals surface area contributed by atoms with Gasteiger partial charge in [-0.15, -0.1) is 0 Å². The summed E-state index contributed by atoms with van der Waals surface area (Å²) >= 11 is 0.870. The molecule has 4 saturated heterocycles. The van der Waals surface area contributed by atoms with E-state index >= 15 is 0 Å². The Labute approximate surface area is 211 Å². The number of aromatic nitrogens is 2. The fourth-order valence-electron chi connectivity index (χ4n) is 4.90. The van der Waals surface area contributed by atoms with Crippen molar-refractivity contribution < 1.29 is 19.1 Å². The minimum atomic E-state index is -0.413. The molecule has 1 spiro atoms. The lowest BCUT2D eigenvalue weighted by molar-refractivity contribution is -0.115. The van der Waals surface area contributed by atoms with Crippen molar-refractivity contribution in [3.8, 4) is 0 Å². The van der Waals surface area contributed by atoms with E-state index in [2.05, 4.69) is 20.4 Å². The van der Waals surface area contributed by atoms with Crippen LogP contribution < -0.4 is 20.4 Å². The van der Waals surface area contributed by atoms with Crippen molar-refractivity contribution in [1.29, 1.82) is 0 Å². The highest BCUT2D eigenvalue weighted by Crippen LogP contribution is 2.41. The third-order valence-corrected chi connectivity index (χ3v) is 7.49. The molecule has 1 aromatic heterocycles. The smallest absolute Gasteiger partial charge is 0.321 e. The predicted molar refractivity (Wildman–Crippen MR) is 136 cm³/mol. The molecule has 0 atom stereocenters. The van der Waals surface area contributed by atoms with Crippen LogP contribution in [0, 0.1) is 5.41 Å². The van der Waals surface area contributed by atoms with E-state index in [0.717, 1.165) is 49.4 Å². The first-order valence-electron chi connectivity index (χ1n) is 11.8. The molecule has 11 nitrogen and oxygen atoms in total. The second-order valence-corrected chi connectivity index (χ2v) is 10.4. The molecule has 0 aliphatic carbocycles. The number of nitrogens with zero attached hydrogens (tertiary/aromatic N) is 5. The van der Waals surface area contributed by atoms with Gasteiger partial charge in [0.15, 0.2) is 0 Å². The maximum absolute atomic E-state index is 12.5. The van der Waals surface area contributed by atoms with Crippen LogP contribution in [0.5, 0.6) is 0 Å². The van der Waals surface area contributed by atoms with Crippen molar-refractivity contribution in [1.82, 2.24) is 20.2 Å². The summed E-state index contributed by atoms with van der Waals surface area (Å²) in [6.45, 7) is 5.54. The number of carbonyl (C=O) groups excluding carboxylic acids is 3. The van der Waals surface area contributed by atoms with Crippen LogP contribution in [0.2, 0.25) is 0 Å². The highest BCUT2D eigenvalue weighted by atomic mass is 32.2. The molecule has 36 heavy (non-hydrogen) atoms. The predicted octanol–water partition coefficient (Wildman–Crippen LogP) is 1.99. The minimum Gasteiger partial charge on any atom is -0.378 e. The summed E-state index contributed by atoms with van der Waals surface area (Å²) in [7, 11) is 0. The number of likely N-dealkylation sites (tertiary alicyclic amines) is 1. The first-order chi connectivity index (χ1) is 17.5. The first kappa shape index (κ1) is 22.8. The Morgan fingerprint density at radius 1 is 1.06 bits per heavy atom. The number of rotatable bonds is 4. The normalized spacial score (nSPS) is 21.9. The number of carbonyl (C=O) groups is 3. The van der Waals surface area contributed by atoms with Crippen LogP contribution in [-0.2, 0) is 9.53 Å². The number of morpholine rings is 1. The number of benzene rings is 1. The quantitative estimate of drug-likeness (QED) is 0.599. The summed E-state index contributed by atoms with van der Waals surface area (Å²) in [5, 5.41) is 4.83. The van der Waals surface area contributed by atoms with Gasteiger partial charge < -0.3 is 24.8 Å². The molecule has 5 heterocycles. The third kappa shape index (κ3) is 4.49. The van der Waals surface area contributed by atoms with Crippen LogP contribution in [-0.4, -0.2) is 84.5 Å². The number of nitrogens with one attached hydrogen (secondary N) is 2. The van der Waals surface area contributed by atoms with Crippen LogP contribution in [0.15, 0.2) is 41.3 Å². The zero-order valence-electron chi connectivity index (χ0n) is 19.5. The van der Waals surface area contributed by atoms with E-state index in [9.17, 15) is 14.4 Å². The number of hydrogen-bond donors (Lipinski definition) is 2. The Bertz CT molecular complexity index is 1230. The summed E-state index contributed by atoms with van der Waals surface area (Å²) < 4.78 is 5.47. The molecule has 4 amide bonds. The molecule has 6 rings (SSSR count). The van der Waals surface area contributed by atoms with Gasteiger partial charge in [0.1, 0.15) is 5.82 Å². The van der Waals surface area contributed by atoms with E-state index in [0.29, 0.717) is 42.9 Å². The molecule has 0 saturated carbocycles. The van der Waals surface area contributed by atoms with Gasteiger partial charge in [-0.2, -0.15) is 4.98 Å². The van der Waals surface area contributed by atoms with E-state index < -0.39 is 5.91 Å². The van der Waals surface area contributed by atoms with Crippen molar-refractivity contribution in [2.45, 2.75) is 0 Å².